The van der Waals surface area contributed by atoms with Gasteiger partial charge in [-0.2, -0.15) is 0 Å². The molecule has 0 aliphatic rings. The third-order valence-corrected chi connectivity index (χ3v) is 3.31. The molecule has 0 saturated carbocycles. The van der Waals surface area contributed by atoms with Crippen LogP contribution in [0.25, 0.3) is 16.9 Å². The molecule has 3 aromatic rings. The molecule has 0 fully saturated rings. The molecule has 0 atom stereocenters. The third-order valence-electron chi connectivity index (χ3n) is 3.31. The number of fused-ring (bicyclic) bond motifs is 1. The van der Waals surface area contributed by atoms with E-state index < -0.39 is 6.86 Å². The molecule has 0 saturated heterocycles. The van der Waals surface area contributed by atoms with Crippen molar-refractivity contribution in [2.24, 2.45) is 0 Å². The highest BCUT2D eigenvalue weighted by Crippen LogP contribution is 2.24. The Morgan fingerprint density at radius 3 is 2.86 bits per heavy atom. The molecule has 21 heavy (non-hydrogen) atoms. The predicted octanol–water partition coefficient (Wildman–Crippen LogP) is 3.37. The molecule has 108 valence electrons. The van der Waals surface area contributed by atoms with Gasteiger partial charge in [-0.25, -0.2) is 9.37 Å². The minimum atomic E-state index is -0.833. The lowest BCUT2D eigenvalue weighted by Gasteiger charge is -2.11. The van der Waals surface area contributed by atoms with Crippen LogP contribution in [-0.2, 0) is 0 Å². The van der Waals surface area contributed by atoms with E-state index in [1.807, 2.05) is 60.1 Å². The number of halogens is 1. The van der Waals surface area contributed by atoms with Crippen LogP contribution in [0, 0.1) is 0 Å². The summed E-state index contributed by atoms with van der Waals surface area (Å²) < 4.78 is 19.1. The molecule has 4 nitrogen and oxygen atoms in total. The van der Waals surface area contributed by atoms with Crippen LogP contribution in [-0.4, -0.2) is 30.3 Å². The number of aromatic nitrogens is 2. The van der Waals surface area contributed by atoms with Gasteiger partial charge in [-0.15, -0.1) is 0 Å². The van der Waals surface area contributed by atoms with Crippen molar-refractivity contribution in [2.45, 2.75) is 0 Å². The van der Waals surface area contributed by atoms with Crippen LogP contribution in [0.2, 0.25) is 0 Å². The molecule has 0 aliphatic heterocycles. The summed E-state index contributed by atoms with van der Waals surface area (Å²) in [4.78, 5) is 6.65. The van der Waals surface area contributed by atoms with Gasteiger partial charge in [-0.3, -0.25) is 0 Å². The van der Waals surface area contributed by atoms with Crippen LogP contribution in [0.5, 0.6) is 5.75 Å². The Balaban J connectivity index is 2.02. The van der Waals surface area contributed by atoms with Crippen LogP contribution >= 0.6 is 0 Å². The van der Waals surface area contributed by atoms with Crippen molar-refractivity contribution >= 4 is 11.3 Å². The highest BCUT2D eigenvalue weighted by Gasteiger charge is 2.07. The third kappa shape index (κ3) is 2.67. The van der Waals surface area contributed by atoms with E-state index in [-0.39, 0.29) is 0 Å². The minimum absolute atomic E-state index is 0.501. The molecule has 0 spiro atoms. The van der Waals surface area contributed by atoms with Crippen LogP contribution in [0.1, 0.15) is 0 Å². The van der Waals surface area contributed by atoms with Gasteiger partial charge in [-0.1, -0.05) is 12.1 Å². The highest BCUT2D eigenvalue weighted by atomic mass is 19.1. The fourth-order valence-corrected chi connectivity index (χ4v) is 2.20. The Morgan fingerprint density at radius 1 is 1.24 bits per heavy atom. The molecular formula is C16H16FN3O. The molecule has 3 rings (SSSR count). The molecule has 0 aliphatic carbocycles. The fourth-order valence-electron chi connectivity index (χ4n) is 2.20. The molecular weight excluding hydrogens is 269 g/mol. The maximum absolute atomic E-state index is 12.3. The lowest BCUT2D eigenvalue weighted by Crippen LogP contribution is -2.08. The summed E-state index contributed by atoms with van der Waals surface area (Å²) in [5.74, 6) is 0.501. The first-order valence-electron chi connectivity index (χ1n) is 6.62. The molecule has 0 unspecified atom stereocenters. The van der Waals surface area contributed by atoms with Gasteiger partial charge in [0.25, 0.3) is 0 Å². The van der Waals surface area contributed by atoms with E-state index in [0.717, 1.165) is 22.6 Å². The molecule has 0 radical (unpaired) electrons. The van der Waals surface area contributed by atoms with E-state index in [1.165, 1.54) is 0 Å². The standard InChI is InChI=1S/C16H16FN3O/c1-19(2)13-6-7-20-10-15(18-16(20)9-13)12-4-3-5-14(8-12)21-11-17/h3-10H,11H2,1-2H3. The van der Waals surface area contributed by atoms with Gasteiger partial charge in [0.05, 0.1) is 5.69 Å². The monoisotopic (exact) mass is 285 g/mol. The molecule has 0 amide bonds. The lowest BCUT2D eigenvalue weighted by molar-refractivity contribution is 0.192. The van der Waals surface area contributed by atoms with E-state index in [0.29, 0.717) is 5.75 Å². The summed E-state index contributed by atoms with van der Waals surface area (Å²) in [6.45, 7) is -0.833. The van der Waals surface area contributed by atoms with Crippen molar-refractivity contribution in [1.29, 1.82) is 0 Å². The van der Waals surface area contributed by atoms with Crippen molar-refractivity contribution in [3.05, 3.63) is 48.8 Å². The lowest BCUT2D eigenvalue weighted by atomic mass is 10.1. The summed E-state index contributed by atoms with van der Waals surface area (Å²) >= 11 is 0. The zero-order valence-electron chi connectivity index (χ0n) is 12.0. The number of ether oxygens (including phenoxy) is 1. The Bertz CT molecular complexity index is 767. The molecule has 2 heterocycles. The van der Waals surface area contributed by atoms with E-state index >= 15 is 0 Å². The van der Waals surface area contributed by atoms with Gasteiger partial charge in [0.1, 0.15) is 11.4 Å². The van der Waals surface area contributed by atoms with E-state index in [1.54, 1.807) is 12.1 Å². The van der Waals surface area contributed by atoms with E-state index in [4.69, 9.17) is 4.74 Å². The first-order valence-corrected chi connectivity index (χ1v) is 6.62. The van der Waals surface area contributed by atoms with Crippen LogP contribution in [0.3, 0.4) is 0 Å². The average Bonchev–Trinajstić information content (AvgIpc) is 2.91. The smallest absolute Gasteiger partial charge is 0.228 e. The van der Waals surface area contributed by atoms with Crippen LogP contribution in [0.4, 0.5) is 10.1 Å². The Morgan fingerprint density at radius 2 is 2.10 bits per heavy atom. The van der Waals surface area contributed by atoms with Gasteiger partial charge in [0.2, 0.25) is 6.86 Å². The first kappa shape index (κ1) is 13.4. The number of alkyl halides is 1. The van der Waals surface area contributed by atoms with Gasteiger partial charge in [0.15, 0.2) is 0 Å². The maximum Gasteiger partial charge on any atom is 0.228 e. The van der Waals surface area contributed by atoms with Crippen molar-refractivity contribution < 1.29 is 9.13 Å². The van der Waals surface area contributed by atoms with Gasteiger partial charge in [-0.05, 0) is 18.2 Å². The van der Waals surface area contributed by atoms with E-state index in [9.17, 15) is 4.39 Å². The summed E-state index contributed by atoms with van der Waals surface area (Å²) in [6.07, 6.45) is 3.92. The van der Waals surface area contributed by atoms with Crippen molar-refractivity contribution in [3.8, 4) is 17.0 Å². The highest BCUT2D eigenvalue weighted by molar-refractivity contribution is 5.66. The zero-order valence-corrected chi connectivity index (χ0v) is 12.0. The topological polar surface area (TPSA) is 29.8 Å². The molecule has 0 bridgehead atoms. The zero-order chi connectivity index (χ0) is 14.8. The second kappa shape index (κ2) is 5.44. The van der Waals surface area contributed by atoms with Crippen molar-refractivity contribution in [2.75, 3.05) is 25.9 Å². The summed E-state index contributed by atoms with van der Waals surface area (Å²) in [6, 6.07) is 11.3. The Kier molecular flexibility index (Phi) is 3.48. The number of pyridine rings is 1. The number of imidazole rings is 1. The number of hydrogen-bond acceptors (Lipinski definition) is 3. The fraction of sp³-hybridized carbons (Fsp3) is 0.188. The van der Waals surface area contributed by atoms with Crippen LogP contribution < -0.4 is 9.64 Å². The molecule has 0 N–H and O–H groups in total. The van der Waals surface area contributed by atoms with Gasteiger partial charge >= 0.3 is 0 Å². The summed E-state index contributed by atoms with van der Waals surface area (Å²) in [5, 5.41) is 0. The predicted molar refractivity (Wildman–Crippen MR) is 81.6 cm³/mol. The number of benzene rings is 1. The second-order valence-corrected chi connectivity index (χ2v) is 4.95. The quantitative estimate of drug-likeness (QED) is 0.736. The molecule has 2 aromatic heterocycles. The number of nitrogens with zero attached hydrogens (tertiary/aromatic N) is 3. The summed E-state index contributed by atoms with van der Waals surface area (Å²) in [7, 11) is 3.99. The van der Waals surface area contributed by atoms with Crippen LogP contribution in [0.15, 0.2) is 48.8 Å². The first-order chi connectivity index (χ1) is 10.2. The second-order valence-electron chi connectivity index (χ2n) is 4.95. The van der Waals surface area contributed by atoms with E-state index in [2.05, 4.69) is 4.98 Å². The Labute approximate surface area is 122 Å². The van der Waals surface area contributed by atoms with Crippen molar-refractivity contribution in [1.82, 2.24) is 9.38 Å². The van der Waals surface area contributed by atoms with Crippen molar-refractivity contribution in [3.63, 3.8) is 0 Å². The average molecular weight is 285 g/mol. The summed E-state index contributed by atoms with van der Waals surface area (Å²) in [5.41, 5.74) is 3.69. The normalized spacial score (nSPS) is 10.8. The van der Waals surface area contributed by atoms with Gasteiger partial charge in [0, 0.05) is 43.8 Å². The number of hydrogen-bond donors (Lipinski definition) is 0. The number of anilines is 1. The minimum Gasteiger partial charge on any atom is -0.463 e. The molecule has 1 aromatic carbocycles. The SMILES string of the molecule is CN(C)c1ccn2cc(-c3cccc(OCF)c3)nc2c1. The Hall–Kier alpha value is -2.56. The number of rotatable bonds is 4. The maximum atomic E-state index is 12.3. The van der Waals surface area contributed by atoms with Gasteiger partial charge < -0.3 is 14.0 Å². The molecule has 5 heteroatoms. The largest absolute Gasteiger partial charge is 0.463 e.